The van der Waals surface area contributed by atoms with Crippen LogP contribution in [0.5, 0.6) is 5.75 Å². The molecule has 5 heteroatoms. The first kappa shape index (κ1) is 17.1. The molecule has 0 aliphatic carbocycles. The number of rotatable bonds is 4. The summed E-state index contributed by atoms with van der Waals surface area (Å²) in [6.07, 6.45) is 2.06. The fourth-order valence-electron chi connectivity index (χ4n) is 2.38. The minimum atomic E-state index is -0.369. The van der Waals surface area contributed by atoms with E-state index in [-0.39, 0.29) is 18.3 Å². The van der Waals surface area contributed by atoms with Crippen molar-refractivity contribution in [2.45, 2.75) is 45.8 Å². The molecular weight excluding hydrogens is 277 g/mol. The third-order valence-electron chi connectivity index (χ3n) is 4.51. The van der Waals surface area contributed by atoms with E-state index in [1.807, 2.05) is 26.1 Å². The predicted octanol–water partition coefficient (Wildman–Crippen LogP) is 2.93. The Morgan fingerprint density at radius 3 is 2.32 bits per heavy atom. The van der Waals surface area contributed by atoms with Gasteiger partial charge < -0.3 is 19.7 Å². The number of likely N-dealkylation sites (N-methyl/N-ethyl adjacent to an activating group) is 1. The molecule has 1 aromatic carbocycles. The maximum Gasteiger partial charge on any atom is 0.491 e. The van der Waals surface area contributed by atoms with Gasteiger partial charge in [-0.1, -0.05) is 12.1 Å². The van der Waals surface area contributed by atoms with Crippen molar-refractivity contribution >= 4 is 13.2 Å². The average molecular weight is 303 g/mol. The molecule has 1 aromatic rings. The summed E-state index contributed by atoms with van der Waals surface area (Å²) in [6, 6.07) is 5.56. The summed E-state index contributed by atoms with van der Waals surface area (Å²) < 4.78 is 12.3. The van der Waals surface area contributed by atoms with Crippen molar-refractivity contribution in [3.05, 3.63) is 34.8 Å². The number of phenolic OH excluding ortho intramolecular Hbond substituents is 1. The van der Waals surface area contributed by atoms with Crippen LogP contribution in [0, 0.1) is 6.92 Å². The first-order valence-corrected chi connectivity index (χ1v) is 7.66. The molecule has 1 saturated heterocycles. The molecule has 0 unspecified atom stereocenters. The van der Waals surface area contributed by atoms with Crippen LogP contribution in [0.25, 0.3) is 6.08 Å². The van der Waals surface area contributed by atoms with Crippen LogP contribution in [-0.4, -0.2) is 37.0 Å². The van der Waals surface area contributed by atoms with Crippen LogP contribution in [-0.2, 0) is 9.31 Å². The highest BCUT2D eigenvalue weighted by atomic mass is 16.7. The molecule has 120 valence electrons. The lowest BCUT2D eigenvalue weighted by Gasteiger charge is -2.32. The second-order valence-electron chi connectivity index (χ2n) is 6.88. The molecule has 4 nitrogen and oxygen atoms in total. The molecule has 0 spiro atoms. The highest BCUT2D eigenvalue weighted by molar-refractivity contribution is 6.55. The Morgan fingerprint density at radius 1 is 1.23 bits per heavy atom. The van der Waals surface area contributed by atoms with Gasteiger partial charge in [-0.05, 0) is 70.4 Å². The first-order chi connectivity index (χ1) is 10.2. The van der Waals surface area contributed by atoms with Crippen LogP contribution in [0.2, 0.25) is 0 Å². The Hall–Kier alpha value is -1.30. The second kappa shape index (κ2) is 6.07. The molecule has 0 atom stereocenters. The molecule has 1 heterocycles. The maximum absolute atomic E-state index is 9.65. The highest BCUT2D eigenvalue weighted by Crippen LogP contribution is 2.38. The molecule has 1 aliphatic rings. The largest absolute Gasteiger partial charge is 0.508 e. The number of hydrogen-bond donors (Lipinski definition) is 2. The van der Waals surface area contributed by atoms with Gasteiger partial charge in [-0.25, -0.2) is 0 Å². The van der Waals surface area contributed by atoms with E-state index in [2.05, 4.69) is 39.1 Å². The predicted molar refractivity (Wildman–Crippen MR) is 90.8 cm³/mol. The Labute approximate surface area is 133 Å². The summed E-state index contributed by atoms with van der Waals surface area (Å²) in [5, 5.41) is 12.8. The van der Waals surface area contributed by atoms with E-state index in [4.69, 9.17) is 9.31 Å². The second-order valence-corrected chi connectivity index (χ2v) is 6.88. The first-order valence-electron chi connectivity index (χ1n) is 7.66. The van der Waals surface area contributed by atoms with E-state index < -0.39 is 0 Å². The van der Waals surface area contributed by atoms with Gasteiger partial charge in [-0.3, -0.25) is 0 Å². The summed E-state index contributed by atoms with van der Waals surface area (Å²) in [5.41, 5.74) is 2.21. The zero-order valence-electron chi connectivity index (χ0n) is 14.4. The Bertz CT molecular complexity index is 565. The fraction of sp³-hybridized carbons (Fsp3) is 0.529. The van der Waals surface area contributed by atoms with Crippen molar-refractivity contribution in [2.75, 3.05) is 13.6 Å². The Morgan fingerprint density at radius 2 is 1.82 bits per heavy atom. The minimum Gasteiger partial charge on any atom is -0.508 e. The zero-order chi connectivity index (χ0) is 16.5. The smallest absolute Gasteiger partial charge is 0.491 e. The van der Waals surface area contributed by atoms with Crippen molar-refractivity contribution in [3.63, 3.8) is 0 Å². The third-order valence-corrected chi connectivity index (χ3v) is 4.51. The highest BCUT2D eigenvalue weighted by Gasteiger charge is 2.52. The summed E-state index contributed by atoms with van der Waals surface area (Å²) in [7, 11) is 1.53. The lowest BCUT2D eigenvalue weighted by atomic mass is 9.77. The van der Waals surface area contributed by atoms with E-state index in [1.54, 1.807) is 6.07 Å². The SMILES string of the molecule is CNCC(=Cc1ccc(O)c(C)c1)B1OC(C)(C)C(C)(C)O1. The third kappa shape index (κ3) is 3.37. The molecule has 0 radical (unpaired) electrons. The fourth-order valence-corrected chi connectivity index (χ4v) is 2.38. The lowest BCUT2D eigenvalue weighted by molar-refractivity contribution is 0.00578. The van der Waals surface area contributed by atoms with Crippen LogP contribution in [0.4, 0.5) is 0 Å². The van der Waals surface area contributed by atoms with Crippen molar-refractivity contribution < 1.29 is 14.4 Å². The molecular formula is C17H26BNO3. The van der Waals surface area contributed by atoms with E-state index in [0.29, 0.717) is 12.3 Å². The van der Waals surface area contributed by atoms with Gasteiger partial charge in [-0.2, -0.15) is 0 Å². The van der Waals surface area contributed by atoms with Crippen molar-refractivity contribution in [3.8, 4) is 5.75 Å². The van der Waals surface area contributed by atoms with Gasteiger partial charge in [0, 0.05) is 6.54 Å². The monoisotopic (exact) mass is 303 g/mol. The van der Waals surface area contributed by atoms with E-state index in [1.165, 1.54) is 0 Å². The molecule has 0 aromatic heterocycles. The normalized spacial score (nSPS) is 20.5. The van der Waals surface area contributed by atoms with Gasteiger partial charge in [0.15, 0.2) is 0 Å². The minimum absolute atomic E-state index is 0.308. The molecule has 2 N–H and O–H groups in total. The number of benzene rings is 1. The number of aromatic hydroxyl groups is 1. The summed E-state index contributed by atoms with van der Waals surface area (Å²) in [6.45, 7) is 10.8. The molecule has 22 heavy (non-hydrogen) atoms. The molecule has 0 bridgehead atoms. The quantitative estimate of drug-likeness (QED) is 0.840. The molecule has 1 fully saturated rings. The number of phenols is 1. The van der Waals surface area contributed by atoms with E-state index in [9.17, 15) is 5.11 Å². The number of aryl methyl sites for hydroxylation is 1. The summed E-state index contributed by atoms with van der Waals surface area (Å²) >= 11 is 0. The van der Waals surface area contributed by atoms with Crippen molar-refractivity contribution in [1.29, 1.82) is 0 Å². The average Bonchev–Trinajstić information content (AvgIpc) is 2.62. The van der Waals surface area contributed by atoms with E-state index in [0.717, 1.165) is 16.6 Å². The van der Waals surface area contributed by atoms with Crippen molar-refractivity contribution in [1.82, 2.24) is 5.32 Å². The molecule has 0 amide bonds. The molecule has 2 rings (SSSR count). The van der Waals surface area contributed by atoms with Crippen LogP contribution in [0.3, 0.4) is 0 Å². The van der Waals surface area contributed by atoms with Crippen LogP contribution < -0.4 is 5.32 Å². The van der Waals surface area contributed by atoms with Crippen molar-refractivity contribution in [2.24, 2.45) is 0 Å². The Balaban J connectivity index is 2.31. The van der Waals surface area contributed by atoms with Crippen LogP contribution in [0.1, 0.15) is 38.8 Å². The van der Waals surface area contributed by atoms with Gasteiger partial charge in [0.25, 0.3) is 0 Å². The number of hydrogen-bond acceptors (Lipinski definition) is 4. The summed E-state index contributed by atoms with van der Waals surface area (Å²) in [5.74, 6) is 0.308. The topological polar surface area (TPSA) is 50.7 Å². The molecule has 0 saturated carbocycles. The van der Waals surface area contributed by atoms with Gasteiger partial charge in [0.05, 0.1) is 11.2 Å². The molecule has 1 aliphatic heterocycles. The standard InChI is InChI=1S/C17H26BNO3/c1-12-9-13(7-8-15(12)20)10-14(11-19-6)18-21-16(2,3)17(4,5)22-18/h7-10,19-20H,11H2,1-6H3. The maximum atomic E-state index is 9.65. The Kier molecular flexibility index (Phi) is 4.71. The van der Waals surface area contributed by atoms with Gasteiger partial charge >= 0.3 is 7.12 Å². The lowest BCUT2D eigenvalue weighted by Crippen LogP contribution is -2.41. The number of nitrogens with one attached hydrogen (secondary N) is 1. The zero-order valence-corrected chi connectivity index (χ0v) is 14.4. The summed E-state index contributed by atoms with van der Waals surface area (Å²) in [4.78, 5) is 0. The van der Waals surface area contributed by atoms with Crippen LogP contribution in [0.15, 0.2) is 23.7 Å². The van der Waals surface area contributed by atoms with Gasteiger partial charge in [0.1, 0.15) is 5.75 Å². The van der Waals surface area contributed by atoms with Gasteiger partial charge in [-0.15, -0.1) is 0 Å². The van der Waals surface area contributed by atoms with Crippen LogP contribution >= 0.6 is 0 Å². The van der Waals surface area contributed by atoms with E-state index >= 15 is 0 Å². The van der Waals surface area contributed by atoms with Gasteiger partial charge in [0.2, 0.25) is 0 Å².